The molecule has 0 aliphatic carbocycles. The lowest BCUT2D eigenvalue weighted by molar-refractivity contribution is 0.146. The number of methoxy groups -OCH3 is 1. The second kappa shape index (κ2) is 6.67. The van der Waals surface area contributed by atoms with E-state index in [4.69, 9.17) is 4.74 Å². The molecule has 3 aromatic rings. The number of para-hydroxylation sites is 1. The predicted octanol–water partition coefficient (Wildman–Crippen LogP) is 3.64. The minimum Gasteiger partial charge on any atom is -0.497 e. The van der Waals surface area contributed by atoms with Crippen molar-refractivity contribution in [1.82, 2.24) is 4.57 Å². The normalized spacial score (nSPS) is 12.5. The molecule has 0 aliphatic rings. The molecule has 1 N–H and O–H groups in total. The molecule has 1 heterocycles. The number of benzene rings is 2. The highest BCUT2D eigenvalue weighted by Gasteiger charge is 2.08. The van der Waals surface area contributed by atoms with Crippen LogP contribution >= 0.6 is 0 Å². The summed E-state index contributed by atoms with van der Waals surface area (Å²) in [6, 6.07) is 18.4. The largest absolute Gasteiger partial charge is 0.497 e. The Bertz CT molecular complexity index is 731. The molecule has 1 atom stereocenters. The van der Waals surface area contributed by atoms with Gasteiger partial charge in [0, 0.05) is 18.3 Å². The van der Waals surface area contributed by atoms with E-state index in [1.807, 2.05) is 30.5 Å². The number of nitrogens with zero attached hydrogens (tertiary/aromatic N) is 1. The SMILES string of the molecule is COc1ccc(CCC(O)Cn2ccc3ccccc32)cc1. The van der Waals surface area contributed by atoms with E-state index < -0.39 is 0 Å². The van der Waals surface area contributed by atoms with Crippen molar-refractivity contribution < 1.29 is 9.84 Å². The van der Waals surface area contributed by atoms with E-state index in [1.165, 1.54) is 16.5 Å². The molecule has 3 heteroatoms. The van der Waals surface area contributed by atoms with Gasteiger partial charge in [0.2, 0.25) is 0 Å². The third kappa shape index (κ3) is 3.31. The molecule has 2 aromatic carbocycles. The van der Waals surface area contributed by atoms with Gasteiger partial charge in [0.05, 0.1) is 13.2 Å². The van der Waals surface area contributed by atoms with Gasteiger partial charge in [-0.3, -0.25) is 0 Å². The van der Waals surface area contributed by atoms with Crippen LogP contribution < -0.4 is 4.74 Å². The van der Waals surface area contributed by atoms with Crippen molar-refractivity contribution in [3.05, 3.63) is 66.4 Å². The van der Waals surface area contributed by atoms with E-state index in [0.29, 0.717) is 6.54 Å². The Morgan fingerprint density at radius 2 is 1.82 bits per heavy atom. The number of aromatic nitrogens is 1. The molecule has 0 bridgehead atoms. The van der Waals surface area contributed by atoms with Gasteiger partial charge >= 0.3 is 0 Å². The Balaban J connectivity index is 1.59. The lowest BCUT2D eigenvalue weighted by Crippen LogP contribution is -2.16. The Morgan fingerprint density at radius 3 is 2.59 bits per heavy atom. The Hall–Kier alpha value is -2.26. The van der Waals surface area contributed by atoms with Crippen LogP contribution in [0.3, 0.4) is 0 Å². The van der Waals surface area contributed by atoms with Crippen LogP contribution in [-0.4, -0.2) is 22.9 Å². The summed E-state index contributed by atoms with van der Waals surface area (Å²) in [5, 5.41) is 11.5. The van der Waals surface area contributed by atoms with Gasteiger partial charge in [-0.05, 0) is 48.1 Å². The maximum Gasteiger partial charge on any atom is 0.118 e. The van der Waals surface area contributed by atoms with E-state index in [2.05, 4.69) is 34.9 Å². The zero-order chi connectivity index (χ0) is 15.4. The van der Waals surface area contributed by atoms with Crippen molar-refractivity contribution >= 4 is 10.9 Å². The molecule has 0 aliphatic heterocycles. The lowest BCUT2D eigenvalue weighted by atomic mass is 10.1. The second-order valence-electron chi connectivity index (χ2n) is 5.57. The Morgan fingerprint density at radius 1 is 1.05 bits per heavy atom. The van der Waals surface area contributed by atoms with Crippen LogP contribution in [0.2, 0.25) is 0 Å². The smallest absolute Gasteiger partial charge is 0.118 e. The van der Waals surface area contributed by atoms with Crippen molar-refractivity contribution in [3.8, 4) is 5.75 Å². The summed E-state index contributed by atoms with van der Waals surface area (Å²) in [5.74, 6) is 0.864. The molecule has 0 amide bonds. The number of aryl methyl sites for hydroxylation is 1. The van der Waals surface area contributed by atoms with Crippen LogP contribution in [0.25, 0.3) is 10.9 Å². The van der Waals surface area contributed by atoms with Crippen LogP contribution in [0.1, 0.15) is 12.0 Å². The summed E-state index contributed by atoms with van der Waals surface area (Å²) >= 11 is 0. The number of hydrogen-bond donors (Lipinski definition) is 1. The minimum atomic E-state index is -0.349. The van der Waals surface area contributed by atoms with Crippen LogP contribution in [-0.2, 0) is 13.0 Å². The molecular weight excluding hydrogens is 274 g/mol. The summed E-state index contributed by atoms with van der Waals surface area (Å²) < 4.78 is 7.27. The van der Waals surface area contributed by atoms with Gasteiger partial charge in [0.25, 0.3) is 0 Å². The van der Waals surface area contributed by atoms with Crippen molar-refractivity contribution in [2.24, 2.45) is 0 Å². The van der Waals surface area contributed by atoms with Gasteiger partial charge in [-0.25, -0.2) is 0 Å². The molecule has 0 fully saturated rings. The standard InChI is InChI=1S/C19H21NO2/c1-22-18-10-7-15(8-11-18)6-9-17(21)14-20-13-12-16-4-2-3-5-19(16)20/h2-5,7-8,10-13,17,21H,6,9,14H2,1H3. The maximum absolute atomic E-state index is 10.3. The van der Waals surface area contributed by atoms with Gasteiger partial charge in [-0.15, -0.1) is 0 Å². The first-order valence-electron chi connectivity index (χ1n) is 7.61. The van der Waals surface area contributed by atoms with Gasteiger partial charge < -0.3 is 14.4 Å². The topological polar surface area (TPSA) is 34.4 Å². The fourth-order valence-corrected chi connectivity index (χ4v) is 2.74. The number of aliphatic hydroxyl groups excluding tert-OH is 1. The third-order valence-electron chi connectivity index (χ3n) is 4.01. The highest BCUT2D eigenvalue weighted by molar-refractivity contribution is 5.79. The number of fused-ring (bicyclic) bond motifs is 1. The molecule has 0 spiro atoms. The van der Waals surface area contributed by atoms with Gasteiger partial charge in [-0.2, -0.15) is 0 Å². The van der Waals surface area contributed by atoms with E-state index >= 15 is 0 Å². The molecule has 3 rings (SSSR count). The molecule has 0 saturated carbocycles. The number of hydrogen-bond acceptors (Lipinski definition) is 2. The molecule has 1 aromatic heterocycles. The Labute approximate surface area is 130 Å². The summed E-state index contributed by atoms with van der Waals surface area (Å²) in [6.45, 7) is 0.629. The average molecular weight is 295 g/mol. The average Bonchev–Trinajstić information content (AvgIpc) is 2.97. The molecule has 1 unspecified atom stereocenters. The van der Waals surface area contributed by atoms with E-state index in [1.54, 1.807) is 7.11 Å². The van der Waals surface area contributed by atoms with Crippen molar-refractivity contribution in [1.29, 1.82) is 0 Å². The Kier molecular flexibility index (Phi) is 4.45. The van der Waals surface area contributed by atoms with Crippen LogP contribution in [0.5, 0.6) is 5.75 Å². The molecule has 114 valence electrons. The molecule has 22 heavy (non-hydrogen) atoms. The van der Waals surface area contributed by atoms with Gasteiger partial charge in [0.1, 0.15) is 5.75 Å². The van der Waals surface area contributed by atoms with Crippen molar-refractivity contribution in [3.63, 3.8) is 0 Å². The van der Waals surface area contributed by atoms with Crippen LogP contribution in [0.4, 0.5) is 0 Å². The van der Waals surface area contributed by atoms with Crippen molar-refractivity contribution in [2.75, 3.05) is 7.11 Å². The van der Waals surface area contributed by atoms with E-state index in [9.17, 15) is 5.11 Å². The van der Waals surface area contributed by atoms with E-state index in [-0.39, 0.29) is 6.10 Å². The predicted molar refractivity (Wildman–Crippen MR) is 89.3 cm³/mol. The second-order valence-corrected chi connectivity index (χ2v) is 5.57. The molecule has 0 radical (unpaired) electrons. The quantitative estimate of drug-likeness (QED) is 0.753. The molecule has 0 saturated heterocycles. The number of aliphatic hydroxyl groups is 1. The molecule has 3 nitrogen and oxygen atoms in total. The monoisotopic (exact) mass is 295 g/mol. The fraction of sp³-hybridized carbons (Fsp3) is 0.263. The number of rotatable bonds is 6. The summed E-state index contributed by atoms with van der Waals surface area (Å²) in [6.07, 6.45) is 3.31. The lowest BCUT2D eigenvalue weighted by Gasteiger charge is -2.13. The highest BCUT2D eigenvalue weighted by Crippen LogP contribution is 2.17. The first-order valence-corrected chi connectivity index (χ1v) is 7.61. The number of ether oxygens (including phenoxy) is 1. The first kappa shape index (κ1) is 14.7. The van der Waals surface area contributed by atoms with Crippen LogP contribution in [0, 0.1) is 0 Å². The minimum absolute atomic E-state index is 0.349. The third-order valence-corrected chi connectivity index (χ3v) is 4.01. The fourth-order valence-electron chi connectivity index (χ4n) is 2.74. The summed E-state index contributed by atoms with van der Waals surface area (Å²) in [5.41, 5.74) is 2.39. The van der Waals surface area contributed by atoms with Gasteiger partial charge in [0.15, 0.2) is 0 Å². The highest BCUT2D eigenvalue weighted by atomic mass is 16.5. The van der Waals surface area contributed by atoms with Crippen molar-refractivity contribution in [2.45, 2.75) is 25.5 Å². The molecular formula is C19H21NO2. The zero-order valence-corrected chi connectivity index (χ0v) is 12.8. The first-order chi connectivity index (χ1) is 10.8. The van der Waals surface area contributed by atoms with E-state index in [0.717, 1.165) is 18.6 Å². The van der Waals surface area contributed by atoms with Crippen LogP contribution in [0.15, 0.2) is 60.8 Å². The maximum atomic E-state index is 10.3. The van der Waals surface area contributed by atoms with Gasteiger partial charge in [-0.1, -0.05) is 30.3 Å². The summed E-state index contributed by atoms with van der Waals surface area (Å²) in [4.78, 5) is 0. The zero-order valence-electron chi connectivity index (χ0n) is 12.8. The summed E-state index contributed by atoms with van der Waals surface area (Å²) in [7, 11) is 1.67.